The summed E-state index contributed by atoms with van der Waals surface area (Å²) in [6.07, 6.45) is 0. The topological polar surface area (TPSA) is 47.6 Å². The van der Waals surface area contributed by atoms with Crippen LogP contribution in [0.4, 0.5) is 0 Å². The standard InChI is InChI=1S/C12H15BrClNO3/c1-17-7-9(6-14)15-12(16)10-4-3-8(13)5-11(10)18-2/h3-5,9H,6-7H2,1-2H3,(H,15,16). The molecular weight excluding hydrogens is 321 g/mol. The molecule has 18 heavy (non-hydrogen) atoms. The molecule has 0 heterocycles. The van der Waals surface area contributed by atoms with Gasteiger partial charge < -0.3 is 14.8 Å². The first-order valence-electron chi connectivity index (χ1n) is 5.31. The summed E-state index contributed by atoms with van der Waals surface area (Å²) in [5, 5.41) is 2.79. The van der Waals surface area contributed by atoms with Crippen molar-refractivity contribution in [2.75, 3.05) is 26.7 Å². The monoisotopic (exact) mass is 335 g/mol. The van der Waals surface area contributed by atoms with E-state index in [4.69, 9.17) is 21.1 Å². The molecule has 0 spiro atoms. The van der Waals surface area contributed by atoms with E-state index >= 15 is 0 Å². The predicted octanol–water partition coefficient (Wildman–Crippen LogP) is 2.44. The number of ether oxygens (including phenoxy) is 2. The van der Waals surface area contributed by atoms with E-state index in [9.17, 15) is 4.79 Å². The molecule has 0 radical (unpaired) electrons. The van der Waals surface area contributed by atoms with Gasteiger partial charge in [-0.15, -0.1) is 11.6 Å². The molecule has 0 aliphatic heterocycles. The maximum atomic E-state index is 12.1. The summed E-state index contributed by atoms with van der Waals surface area (Å²) in [5.74, 6) is 0.563. The lowest BCUT2D eigenvalue weighted by molar-refractivity contribution is 0.0904. The zero-order valence-electron chi connectivity index (χ0n) is 10.2. The molecule has 1 amide bonds. The minimum absolute atomic E-state index is 0.225. The molecule has 0 saturated carbocycles. The van der Waals surface area contributed by atoms with Crippen molar-refractivity contribution in [3.05, 3.63) is 28.2 Å². The average molecular weight is 337 g/mol. The van der Waals surface area contributed by atoms with Gasteiger partial charge in [0, 0.05) is 17.5 Å². The summed E-state index contributed by atoms with van der Waals surface area (Å²) in [6, 6.07) is 4.98. The molecule has 1 N–H and O–H groups in total. The average Bonchev–Trinajstić information content (AvgIpc) is 2.37. The van der Waals surface area contributed by atoms with E-state index in [2.05, 4.69) is 21.2 Å². The molecule has 1 aromatic carbocycles. The fourth-order valence-corrected chi connectivity index (χ4v) is 1.95. The van der Waals surface area contributed by atoms with Crippen LogP contribution in [0.3, 0.4) is 0 Å². The van der Waals surface area contributed by atoms with Gasteiger partial charge in [0.2, 0.25) is 0 Å². The van der Waals surface area contributed by atoms with Gasteiger partial charge in [-0.1, -0.05) is 15.9 Å². The lowest BCUT2D eigenvalue weighted by Crippen LogP contribution is -2.39. The van der Waals surface area contributed by atoms with Crippen molar-refractivity contribution in [1.29, 1.82) is 0 Å². The van der Waals surface area contributed by atoms with Crippen LogP contribution in [0.15, 0.2) is 22.7 Å². The second kappa shape index (κ2) is 7.61. The molecule has 0 aliphatic rings. The Labute approximate surface area is 120 Å². The normalized spacial score (nSPS) is 12.0. The van der Waals surface area contributed by atoms with Gasteiger partial charge in [0.25, 0.3) is 5.91 Å². The van der Waals surface area contributed by atoms with Crippen molar-refractivity contribution >= 4 is 33.4 Å². The molecule has 6 heteroatoms. The smallest absolute Gasteiger partial charge is 0.255 e. The van der Waals surface area contributed by atoms with E-state index in [0.717, 1.165) is 4.47 Å². The van der Waals surface area contributed by atoms with E-state index in [0.29, 0.717) is 23.8 Å². The SMILES string of the molecule is COCC(CCl)NC(=O)c1ccc(Br)cc1OC. The van der Waals surface area contributed by atoms with Gasteiger partial charge >= 0.3 is 0 Å². The third-order valence-corrected chi connectivity index (χ3v) is 3.16. The zero-order valence-corrected chi connectivity index (χ0v) is 12.5. The van der Waals surface area contributed by atoms with Crippen LogP contribution in [0.1, 0.15) is 10.4 Å². The minimum atomic E-state index is -0.234. The quantitative estimate of drug-likeness (QED) is 0.812. The van der Waals surface area contributed by atoms with Crippen LogP contribution < -0.4 is 10.1 Å². The summed E-state index contributed by atoms with van der Waals surface area (Å²) in [6.45, 7) is 0.369. The molecule has 4 nitrogen and oxygen atoms in total. The van der Waals surface area contributed by atoms with Crippen LogP contribution in [0.25, 0.3) is 0 Å². The molecule has 1 rings (SSSR count). The van der Waals surface area contributed by atoms with E-state index in [1.54, 1.807) is 25.3 Å². The Bertz CT molecular complexity index is 414. The van der Waals surface area contributed by atoms with Crippen LogP contribution in [-0.2, 0) is 4.74 Å². The van der Waals surface area contributed by atoms with Gasteiger partial charge in [0.15, 0.2) is 0 Å². The van der Waals surface area contributed by atoms with Crippen molar-refractivity contribution in [3.8, 4) is 5.75 Å². The highest BCUT2D eigenvalue weighted by Crippen LogP contribution is 2.23. The lowest BCUT2D eigenvalue weighted by atomic mass is 10.2. The summed E-state index contributed by atoms with van der Waals surface area (Å²) in [5.41, 5.74) is 0.465. The highest BCUT2D eigenvalue weighted by molar-refractivity contribution is 9.10. The third-order valence-electron chi connectivity index (χ3n) is 2.30. The number of carbonyl (C=O) groups excluding carboxylic acids is 1. The number of amides is 1. The van der Waals surface area contributed by atoms with Gasteiger partial charge in [-0.2, -0.15) is 0 Å². The molecule has 1 aromatic rings. The highest BCUT2D eigenvalue weighted by atomic mass is 79.9. The molecule has 0 aliphatic carbocycles. The molecule has 0 aromatic heterocycles. The number of rotatable bonds is 6. The molecule has 1 unspecified atom stereocenters. The van der Waals surface area contributed by atoms with Gasteiger partial charge in [-0.25, -0.2) is 0 Å². The highest BCUT2D eigenvalue weighted by Gasteiger charge is 2.16. The van der Waals surface area contributed by atoms with Crippen LogP contribution in [0, 0.1) is 0 Å². The fourth-order valence-electron chi connectivity index (χ4n) is 1.44. The van der Waals surface area contributed by atoms with Gasteiger partial charge in [0.05, 0.1) is 25.3 Å². The van der Waals surface area contributed by atoms with E-state index in [1.807, 2.05) is 0 Å². The van der Waals surface area contributed by atoms with Crippen LogP contribution >= 0.6 is 27.5 Å². The zero-order chi connectivity index (χ0) is 13.5. The van der Waals surface area contributed by atoms with Crippen molar-refractivity contribution < 1.29 is 14.3 Å². The number of hydrogen-bond acceptors (Lipinski definition) is 3. The Morgan fingerprint density at radius 2 is 2.22 bits per heavy atom. The Hall–Kier alpha value is -0.780. The first kappa shape index (κ1) is 15.3. The summed E-state index contributed by atoms with van der Waals surface area (Å²) in [7, 11) is 3.08. The molecule has 100 valence electrons. The van der Waals surface area contributed by atoms with Gasteiger partial charge in [-0.3, -0.25) is 4.79 Å². The predicted molar refractivity (Wildman–Crippen MR) is 74.5 cm³/mol. The van der Waals surface area contributed by atoms with Crippen LogP contribution in [-0.4, -0.2) is 38.7 Å². The maximum Gasteiger partial charge on any atom is 0.255 e. The van der Waals surface area contributed by atoms with Crippen LogP contribution in [0.2, 0.25) is 0 Å². The van der Waals surface area contributed by atoms with E-state index < -0.39 is 0 Å². The number of methoxy groups -OCH3 is 2. The Balaban J connectivity index is 2.83. The summed E-state index contributed by atoms with van der Waals surface area (Å²) < 4.78 is 11.0. The first-order chi connectivity index (χ1) is 8.62. The van der Waals surface area contributed by atoms with Gasteiger partial charge in [-0.05, 0) is 18.2 Å². The van der Waals surface area contributed by atoms with Crippen molar-refractivity contribution in [3.63, 3.8) is 0 Å². The number of halogens is 2. The molecule has 0 fully saturated rings. The minimum Gasteiger partial charge on any atom is -0.496 e. The van der Waals surface area contributed by atoms with E-state index in [-0.39, 0.29) is 11.9 Å². The number of nitrogens with one attached hydrogen (secondary N) is 1. The van der Waals surface area contributed by atoms with Crippen LogP contribution in [0.5, 0.6) is 5.75 Å². The number of benzene rings is 1. The molecule has 0 saturated heterocycles. The first-order valence-corrected chi connectivity index (χ1v) is 6.64. The summed E-state index contributed by atoms with van der Waals surface area (Å²) in [4.78, 5) is 12.1. The molecule has 1 atom stereocenters. The number of carbonyl (C=O) groups is 1. The second-order valence-corrected chi connectivity index (χ2v) is 4.85. The Morgan fingerprint density at radius 1 is 1.50 bits per heavy atom. The molecular formula is C12H15BrClNO3. The largest absolute Gasteiger partial charge is 0.496 e. The van der Waals surface area contributed by atoms with Crippen molar-refractivity contribution in [1.82, 2.24) is 5.32 Å². The number of hydrogen-bond donors (Lipinski definition) is 1. The van der Waals surface area contributed by atoms with Crippen molar-refractivity contribution in [2.24, 2.45) is 0 Å². The Morgan fingerprint density at radius 3 is 2.78 bits per heavy atom. The summed E-state index contributed by atoms with van der Waals surface area (Å²) >= 11 is 9.07. The molecule has 0 bridgehead atoms. The van der Waals surface area contributed by atoms with Gasteiger partial charge in [0.1, 0.15) is 5.75 Å². The Kier molecular flexibility index (Phi) is 6.46. The fraction of sp³-hybridized carbons (Fsp3) is 0.417. The second-order valence-electron chi connectivity index (χ2n) is 3.62. The lowest BCUT2D eigenvalue weighted by Gasteiger charge is -2.16. The third kappa shape index (κ3) is 4.15. The maximum absolute atomic E-state index is 12.1. The number of alkyl halides is 1. The van der Waals surface area contributed by atoms with Crippen molar-refractivity contribution in [2.45, 2.75) is 6.04 Å². The van der Waals surface area contributed by atoms with E-state index in [1.165, 1.54) is 7.11 Å².